The molecule has 1 N–H and O–H groups in total. The first-order valence-electron chi connectivity index (χ1n) is 4.70. The van der Waals surface area contributed by atoms with Gasteiger partial charge in [0.2, 0.25) is 5.78 Å². The van der Waals surface area contributed by atoms with Gasteiger partial charge >= 0.3 is 0 Å². The SMILES string of the molecule is COc1ccc2[nH]cc(C(=O)C(Cl)(Cl)Cl)c2c1. The third kappa shape index (κ3) is 2.37. The Labute approximate surface area is 113 Å². The van der Waals surface area contributed by atoms with Crippen molar-refractivity contribution >= 4 is 51.5 Å². The highest BCUT2D eigenvalue weighted by molar-refractivity contribution is 6.77. The summed E-state index contributed by atoms with van der Waals surface area (Å²) in [7, 11) is 1.55. The average Bonchev–Trinajstić information content (AvgIpc) is 2.69. The second-order valence-corrected chi connectivity index (χ2v) is 5.72. The van der Waals surface area contributed by atoms with Crippen LogP contribution in [-0.2, 0) is 0 Å². The van der Waals surface area contributed by atoms with E-state index >= 15 is 0 Å². The van der Waals surface area contributed by atoms with Gasteiger partial charge in [0.15, 0.2) is 0 Å². The highest BCUT2D eigenvalue weighted by Gasteiger charge is 2.33. The molecule has 0 aliphatic carbocycles. The number of ether oxygens (including phenoxy) is 1. The minimum atomic E-state index is -1.96. The molecule has 0 radical (unpaired) electrons. The number of rotatable bonds is 2. The number of ketones is 1. The van der Waals surface area contributed by atoms with Gasteiger partial charge in [-0.15, -0.1) is 0 Å². The van der Waals surface area contributed by atoms with Crippen LogP contribution in [0.4, 0.5) is 0 Å². The van der Waals surface area contributed by atoms with E-state index in [2.05, 4.69) is 4.98 Å². The number of alkyl halides is 3. The van der Waals surface area contributed by atoms with Gasteiger partial charge in [0.1, 0.15) is 5.75 Å². The molecule has 3 nitrogen and oxygen atoms in total. The van der Waals surface area contributed by atoms with Crippen molar-refractivity contribution in [3.8, 4) is 5.75 Å². The van der Waals surface area contributed by atoms with Crippen LogP contribution in [0, 0.1) is 0 Å². The summed E-state index contributed by atoms with van der Waals surface area (Å²) in [6.45, 7) is 0. The lowest BCUT2D eigenvalue weighted by Gasteiger charge is -2.08. The second-order valence-electron chi connectivity index (χ2n) is 3.44. The largest absolute Gasteiger partial charge is 0.497 e. The van der Waals surface area contributed by atoms with E-state index in [-0.39, 0.29) is 0 Å². The number of nitrogens with one attached hydrogen (secondary N) is 1. The summed E-state index contributed by atoms with van der Waals surface area (Å²) >= 11 is 16.8. The molecular weight excluding hydrogens is 284 g/mol. The Balaban J connectivity index is 2.59. The van der Waals surface area contributed by atoms with Gasteiger partial charge in [-0.1, -0.05) is 34.8 Å². The molecule has 0 spiro atoms. The van der Waals surface area contributed by atoms with Gasteiger partial charge in [-0.05, 0) is 18.2 Å². The number of Topliss-reactive ketones (excluding diaryl/α,β-unsaturated/α-hetero) is 1. The molecule has 0 unspecified atom stereocenters. The van der Waals surface area contributed by atoms with E-state index in [1.54, 1.807) is 25.3 Å². The summed E-state index contributed by atoms with van der Waals surface area (Å²) in [4.78, 5) is 14.8. The molecule has 0 atom stereocenters. The maximum Gasteiger partial charge on any atom is 0.253 e. The molecule has 17 heavy (non-hydrogen) atoms. The number of H-pyrrole nitrogens is 1. The molecule has 6 heteroatoms. The fourth-order valence-electron chi connectivity index (χ4n) is 1.57. The summed E-state index contributed by atoms with van der Waals surface area (Å²) in [5, 5.41) is 0.667. The van der Waals surface area contributed by atoms with Gasteiger partial charge in [-0.3, -0.25) is 4.79 Å². The molecule has 0 amide bonds. The molecule has 1 aromatic heterocycles. The van der Waals surface area contributed by atoms with Crippen LogP contribution in [-0.4, -0.2) is 21.7 Å². The van der Waals surface area contributed by atoms with Crippen LogP contribution >= 0.6 is 34.8 Å². The second kappa shape index (κ2) is 4.41. The van der Waals surface area contributed by atoms with Crippen LogP contribution in [0.3, 0.4) is 0 Å². The zero-order valence-corrected chi connectivity index (χ0v) is 11.0. The lowest BCUT2D eigenvalue weighted by atomic mass is 10.1. The number of halogens is 3. The molecular formula is C11H8Cl3NO2. The fourth-order valence-corrected chi connectivity index (χ4v) is 1.87. The van der Waals surface area contributed by atoms with Crippen LogP contribution in [0.1, 0.15) is 10.4 Å². The molecule has 1 heterocycles. The van der Waals surface area contributed by atoms with Crippen molar-refractivity contribution in [3.63, 3.8) is 0 Å². The summed E-state index contributed by atoms with van der Waals surface area (Å²) in [5.41, 5.74) is 1.11. The van der Waals surface area contributed by atoms with Crippen molar-refractivity contribution < 1.29 is 9.53 Å². The van der Waals surface area contributed by atoms with Crippen molar-refractivity contribution in [1.29, 1.82) is 0 Å². The van der Waals surface area contributed by atoms with Crippen LogP contribution in [0.25, 0.3) is 10.9 Å². The minimum absolute atomic E-state index is 0.332. The first-order chi connectivity index (χ1) is 7.93. The molecule has 0 saturated heterocycles. The van der Waals surface area contributed by atoms with Crippen LogP contribution in [0.2, 0.25) is 0 Å². The number of benzene rings is 1. The van der Waals surface area contributed by atoms with Gasteiger partial charge in [0.05, 0.1) is 7.11 Å². The van der Waals surface area contributed by atoms with Crippen LogP contribution < -0.4 is 4.74 Å². The highest BCUT2D eigenvalue weighted by Crippen LogP contribution is 2.33. The quantitative estimate of drug-likeness (QED) is 0.677. The van der Waals surface area contributed by atoms with Crippen molar-refractivity contribution in [2.75, 3.05) is 7.11 Å². The Bertz CT molecular complexity index is 572. The minimum Gasteiger partial charge on any atom is -0.497 e. The summed E-state index contributed by atoms with van der Waals surface area (Å²) < 4.78 is 3.13. The Morgan fingerprint density at radius 2 is 2.06 bits per heavy atom. The monoisotopic (exact) mass is 291 g/mol. The van der Waals surface area contributed by atoms with E-state index in [1.165, 1.54) is 6.20 Å². The van der Waals surface area contributed by atoms with E-state index in [0.29, 0.717) is 16.7 Å². The lowest BCUT2D eigenvalue weighted by molar-refractivity contribution is 0.0998. The number of aromatic nitrogens is 1. The topological polar surface area (TPSA) is 42.1 Å². The van der Waals surface area contributed by atoms with Gasteiger partial charge < -0.3 is 9.72 Å². The number of fused-ring (bicyclic) bond motifs is 1. The van der Waals surface area contributed by atoms with E-state index in [0.717, 1.165) is 5.52 Å². The Morgan fingerprint density at radius 1 is 1.35 bits per heavy atom. The van der Waals surface area contributed by atoms with Crippen LogP contribution in [0.5, 0.6) is 5.75 Å². The van der Waals surface area contributed by atoms with Gasteiger partial charge in [-0.25, -0.2) is 0 Å². The van der Waals surface area contributed by atoms with E-state index in [4.69, 9.17) is 39.5 Å². The zero-order valence-electron chi connectivity index (χ0n) is 8.76. The third-order valence-corrected chi connectivity index (χ3v) is 2.91. The van der Waals surface area contributed by atoms with Crippen molar-refractivity contribution in [1.82, 2.24) is 4.98 Å². The molecule has 0 saturated carbocycles. The van der Waals surface area contributed by atoms with Crippen molar-refractivity contribution in [3.05, 3.63) is 30.0 Å². The fraction of sp³-hybridized carbons (Fsp3) is 0.182. The van der Waals surface area contributed by atoms with Gasteiger partial charge in [0.25, 0.3) is 3.79 Å². The first kappa shape index (κ1) is 12.6. The number of carbonyl (C=O) groups is 1. The molecule has 0 aliphatic heterocycles. The lowest BCUT2D eigenvalue weighted by Crippen LogP contribution is -2.18. The third-order valence-electron chi connectivity index (χ3n) is 2.39. The number of methoxy groups -OCH3 is 1. The van der Waals surface area contributed by atoms with E-state index in [9.17, 15) is 4.79 Å². The maximum absolute atomic E-state index is 11.9. The summed E-state index contributed by atoms with van der Waals surface area (Å²) in [5.74, 6) is 0.0671. The first-order valence-corrected chi connectivity index (χ1v) is 5.83. The van der Waals surface area contributed by atoms with E-state index in [1.807, 2.05) is 0 Å². The molecule has 1 aromatic carbocycles. The Morgan fingerprint density at radius 3 is 2.65 bits per heavy atom. The number of aromatic amines is 1. The molecule has 0 bridgehead atoms. The predicted molar refractivity (Wildman–Crippen MR) is 69.5 cm³/mol. The van der Waals surface area contributed by atoms with Crippen molar-refractivity contribution in [2.45, 2.75) is 3.79 Å². The number of carbonyl (C=O) groups excluding carboxylic acids is 1. The number of hydrogen-bond acceptors (Lipinski definition) is 2. The molecule has 0 aliphatic rings. The molecule has 2 rings (SSSR count). The standard InChI is InChI=1S/C11H8Cl3NO2/c1-17-6-2-3-9-7(4-6)8(5-15-9)10(16)11(12,13)14/h2-5,15H,1H3. The molecule has 2 aromatic rings. The summed E-state index contributed by atoms with van der Waals surface area (Å²) in [6, 6.07) is 5.29. The zero-order chi connectivity index (χ0) is 12.6. The normalized spacial score (nSPS) is 11.8. The van der Waals surface area contributed by atoms with Gasteiger partial charge in [0, 0.05) is 22.7 Å². The summed E-state index contributed by atoms with van der Waals surface area (Å²) in [6.07, 6.45) is 1.52. The van der Waals surface area contributed by atoms with E-state index < -0.39 is 9.58 Å². The van der Waals surface area contributed by atoms with Gasteiger partial charge in [-0.2, -0.15) is 0 Å². The Kier molecular flexibility index (Phi) is 3.25. The highest BCUT2D eigenvalue weighted by atomic mass is 35.6. The molecule has 0 fully saturated rings. The predicted octanol–water partition coefficient (Wildman–Crippen LogP) is 3.73. The Hall–Kier alpha value is -0.900. The average molecular weight is 293 g/mol. The van der Waals surface area contributed by atoms with Crippen molar-refractivity contribution in [2.24, 2.45) is 0 Å². The maximum atomic E-state index is 11.9. The number of hydrogen-bond donors (Lipinski definition) is 1. The van der Waals surface area contributed by atoms with Crippen LogP contribution in [0.15, 0.2) is 24.4 Å². The molecule has 90 valence electrons. The smallest absolute Gasteiger partial charge is 0.253 e.